The second-order valence-electron chi connectivity index (χ2n) is 3.50. The first-order valence-electron chi connectivity index (χ1n) is 5.36. The Morgan fingerprint density at radius 1 is 1.50 bits per heavy atom. The second-order valence-corrected chi connectivity index (χ2v) is 3.50. The lowest BCUT2D eigenvalue weighted by atomic mass is 10.2. The number of nitrogens with one attached hydrogen (secondary N) is 2. The molecule has 1 amide bonds. The van der Waals surface area contributed by atoms with Crippen LogP contribution in [0.5, 0.6) is 0 Å². The number of nitrogens with zero attached hydrogens (tertiary/aromatic N) is 1. The Balaban J connectivity index is 2.67. The van der Waals surface area contributed by atoms with Crippen molar-refractivity contribution in [1.29, 1.82) is 0 Å². The zero-order valence-electron chi connectivity index (χ0n) is 10.3. The van der Waals surface area contributed by atoms with Gasteiger partial charge < -0.3 is 21.1 Å². The summed E-state index contributed by atoms with van der Waals surface area (Å²) in [4.78, 5) is 26.4. The van der Waals surface area contributed by atoms with Crippen LogP contribution in [0.2, 0.25) is 0 Å². The molecule has 0 aliphatic carbocycles. The molecule has 0 aliphatic rings. The van der Waals surface area contributed by atoms with Crippen LogP contribution >= 0.6 is 0 Å². The highest BCUT2D eigenvalue weighted by molar-refractivity contribution is 5.95. The number of methoxy groups -OCH3 is 1. The Bertz CT molecular complexity index is 448. The molecule has 0 aliphatic heterocycles. The number of nitrogen functional groups attached to an aromatic ring is 1. The van der Waals surface area contributed by atoms with Gasteiger partial charge in [-0.15, -0.1) is 0 Å². The van der Waals surface area contributed by atoms with Gasteiger partial charge in [0.2, 0.25) is 5.91 Å². The van der Waals surface area contributed by atoms with Crippen molar-refractivity contribution < 1.29 is 14.3 Å². The predicted octanol–water partition coefficient (Wildman–Crippen LogP) is -0.00160. The van der Waals surface area contributed by atoms with Gasteiger partial charge in [-0.3, -0.25) is 4.79 Å². The fourth-order valence-electron chi connectivity index (χ4n) is 1.28. The van der Waals surface area contributed by atoms with E-state index in [0.29, 0.717) is 18.8 Å². The summed E-state index contributed by atoms with van der Waals surface area (Å²) in [7, 11) is 2.85. The van der Waals surface area contributed by atoms with Crippen molar-refractivity contribution in [3.05, 3.63) is 17.8 Å². The molecule has 0 atom stereocenters. The summed E-state index contributed by atoms with van der Waals surface area (Å²) >= 11 is 0. The quantitative estimate of drug-likeness (QED) is 0.637. The molecule has 0 unspecified atom stereocenters. The molecule has 7 heteroatoms. The summed E-state index contributed by atoms with van der Waals surface area (Å²) in [6, 6.07) is 1.49. The fraction of sp³-hybridized carbons (Fsp3) is 0.364. The van der Waals surface area contributed by atoms with E-state index in [1.165, 1.54) is 19.4 Å². The summed E-state index contributed by atoms with van der Waals surface area (Å²) in [6.45, 7) is 0.414. The minimum Gasteiger partial charge on any atom is -0.465 e. The van der Waals surface area contributed by atoms with Crippen LogP contribution in [0.15, 0.2) is 12.3 Å². The molecule has 1 aromatic heterocycles. The van der Waals surface area contributed by atoms with Gasteiger partial charge in [0.15, 0.2) is 0 Å². The molecule has 98 valence electrons. The Morgan fingerprint density at radius 2 is 2.22 bits per heavy atom. The van der Waals surface area contributed by atoms with Crippen LogP contribution in [0.1, 0.15) is 16.8 Å². The number of carbonyl (C=O) groups is 2. The third-order valence-electron chi connectivity index (χ3n) is 2.28. The number of anilines is 2. The number of hydrogen-bond acceptors (Lipinski definition) is 6. The molecule has 1 rings (SSSR count). The standard InChI is InChI=1S/C11H16N4O3/c1-13-10(16)3-4-14-9-5-7(11(17)18-2)8(12)6-15-9/h5-6H,3-4,12H2,1-2H3,(H,13,16)(H,14,15). The molecule has 0 spiro atoms. The molecule has 1 heterocycles. The number of amides is 1. The first-order chi connectivity index (χ1) is 8.58. The topological polar surface area (TPSA) is 106 Å². The molecule has 0 aromatic carbocycles. The van der Waals surface area contributed by atoms with Gasteiger partial charge >= 0.3 is 5.97 Å². The van der Waals surface area contributed by atoms with E-state index in [2.05, 4.69) is 20.4 Å². The van der Waals surface area contributed by atoms with Gasteiger partial charge in [-0.1, -0.05) is 0 Å². The van der Waals surface area contributed by atoms with E-state index < -0.39 is 5.97 Å². The summed E-state index contributed by atoms with van der Waals surface area (Å²) in [6.07, 6.45) is 1.69. The highest BCUT2D eigenvalue weighted by Crippen LogP contribution is 2.15. The van der Waals surface area contributed by atoms with E-state index in [0.717, 1.165) is 0 Å². The Hall–Kier alpha value is -2.31. The van der Waals surface area contributed by atoms with Crippen molar-refractivity contribution in [2.75, 3.05) is 31.8 Å². The first kappa shape index (κ1) is 13.8. The van der Waals surface area contributed by atoms with Crippen molar-refractivity contribution >= 4 is 23.4 Å². The molecule has 0 radical (unpaired) electrons. The second kappa shape index (κ2) is 6.43. The van der Waals surface area contributed by atoms with E-state index in [1.54, 1.807) is 7.05 Å². The average Bonchev–Trinajstić information content (AvgIpc) is 2.39. The van der Waals surface area contributed by atoms with E-state index in [4.69, 9.17) is 5.73 Å². The van der Waals surface area contributed by atoms with Gasteiger partial charge in [0, 0.05) is 20.0 Å². The van der Waals surface area contributed by atoms with E-state index >= 15 is 0 Å². The highest BCUT2D eigenvalue weighted by Gasteiger charge is 2.11. The summed E-state index contributed by atoms with van der Waals surface area (Å²) in [5.74, 6) is -0.135. The Kier molecular flexibility index (Phi) is 4.91. The number of nitrogens with two attached hydrogens (primary N) is 1. The van der Waals surface area contributed by atoms with Gasteiger partial charge in [0.1, 0.15) is 5.82 Å². The zero-order chi connectivity index (χ0) is 13.5. The molecular formula is C11H16N4O3. The average molecular weight is 252 g/mol. The van der Waals surface area contributed by atoms with Crippen LogP contribution in [0.3, 0.4) is 0 Å². The van der Waals surface area contributed by atoms with Crippen molar-refractivity contribution in [1.82, 2.24) is 10.3 Å². The van der Waals surface area contributed by atoms with Crippen LogP contribution in [0.25, 0.3) is 0 Å². The third kappa shape index (κ3) is 3.62. The number of pyridine rings is 1. The molecule has 0 saturated heterocycles. The van der Waals surface area contributed by atoms with E-state index in [9.17, 15) is 9.59 Å². The van der Waals surface area contributed by atoms with Gasteiger partial charge in [0.05, 0.1) is 24.6 Å². The van der Waals surface area contributed by atoms with Crippen LogP contribution in [0, 0.1) is 0 Å². The zero-order valence-corrected chi connectivity index (χ0v) is 10.3. The Morgan fingerprint density at radius 3 is 2.83 bits per heavy atom. The van der Waals surface area contributed by atoms with Crippen LogP contribution in [-0.4, -0.2) is 37.6 Å². The third-order valence-corrected chi connectivity index (χ3v) is 2.28. The highest BCUT2D eigenvalue weighted by atomic mass is 16.5. The minimum atomic E-state index is -0.524. The lowest BCUT2D eigenvalue weighted by Gasteiger charge is -2.08. The van der Waals surface area contributed by atoms with Gasteiger partial charge in [0.25, 0.3) is 0 Å². The number of carbonyl (C=O) groups excluding carboxylic acids is 2. The molecule has 0 bridgehead atoms. The van der Waals surface area contributed by atoms with E-state index in [1.807, 2.05) is 0 Å². The molecule has 4 N–H and O–H groups in total. The van der Waals surface area contributed by atoms with Crippen molar-refractivity contribution in [3.63, 3.8) is 0 Å². The van der Waals surface area contributed by atoms with Gasteiger partial charge in [-0.05, 0) is 6.07 Å². The van der Waals surface area contributed by atoms with E-state index in [-0.39, 0.29) is 17.2 Å². The molecule has 18 heavy (non-hydrogen) atoms. The predicted molar refractivity (Wildman–Crippen MR) is 67.2 cm³/mol. The number of esters is 1. The van der Waals surface area contributed by atoms with Crippen molar-refractivity contribution in [2.45, 2.75) is 6.42 Å². The van der Waals surface area contributed by atoms with Crippen molar-refractivity contribution in [2.24, 2.45) is 0 Å². The number of aromatic nitrogens is 1. The summed E-state index contributed by atoms with van der Waals surface area (Å²) in [5.41, 5.74) is 6.10. The largest absolute Gasteiger partial charge is 0.465 e. The minimum absolute atomic E-state index is 0.0777. The smallest absolute Gasteiger partial charge is 0.340 e. The monoisotopic (exact) mass is 252 g/mol. The molecular weight excluding hydrogens is 236 g/mol. The number of ether oxygens (including phenoxy) is 1. The molecule has 0 saturated carbocycles. The summed E-state index contributed by atoms with van der Waals surface area (Å²) < 4.78 is 4.59. The van der Waals surface area contributed by atoms with Crippen molar-refractivity contribution in [3.8, 4) is 0 Å². The number of rotatable bonds is 5. The van der Waals surface area contributed by atoms with Crippen LogP contribution in [0.4, 0.5) is 11.5 Å². The Labute approximate surface area is 105 Å². The van der Waals surface area contributed by atoms with Crippen LogP contribution < -0.4 is 16.4 Å². The fourth-order valence-corrected chi connectivity index (χ4v) is 1.28. The van der Waals surface area contributed by atoms with Crippen LogP contribution in [-0.2, 0) is 9.53 Å². The molecule has 1 aromatic rings. The maximum atomic E-state index is 11.4. The maximum Gasteiger partial charge on any atom is 0.340 e. The molecule has 7 nitrogen and oxygen atoms in total. The lowest BCUT2D eigenvalue weighted by molar-refractivity contribution is -0.120. The molecule has 0 fully saturated rings. The normalized spacial score (nSPS) is 9.67. The van der Waals surface area contributed by atoms with Gasteiger partial charge in [-0.25, -0.2) is 9.78 Å². The number of hydrogen-bond donors (Lipinski definition) is 3. The maximum absolute atomic E-state index is 11.4. The summed E-state index contributed by atoms with van der Waals surface area (Å²) in [5, 5.41) is 5.43. The van der Waals surface area contributed by atoms with Gasteiger partial charge in [-0.2, -0.15) is 0 Å². The first-order valence-corrected chi connectivity index (χ1v) is 5.36. The SMILES string of the molecule is CNC(=O)CCNc1cc(C(=O)OC)c(N)cn1. The lowest BCUT2D eigenvalue weighted by Crippen LogP contribution is -2.21.